The number of benzene rings is 1. The van der Waals surface area contributed by atoms with Crippen LogP contribution in [-0.2, 0) is 0 Å². The number of hydrogen-bond acceptors (Lipinski definition) is 2. The molecule has 88 valence electrons. The molecule has 3 nitrogen and oxygen atoms in total. The summed E-state index contributed by atoms with van der Waals surface area (Å²) in [7, 11) is 1.58. The zero-order valence-electron chi connectivity index (χ0n) is 9.08. The second-order valence-electron chi connectivity index (χ2n) is 3.58. The summed E-state index contributed by atoms with van der Waals surface area (Å²) in [6.45, 7) is 1.78. The molecule has 0 aliphatic heterocycles. The molecule has 0 aliphatic carbocycles. The quantitative estimate of drug-likeness (QED) is 0.830. The van der Waals surface area contributed by atoms with Crippen LogP contribution in [0.5, 0.6) is 5.75 Å². The molecule has 1 amide bonds. The Labute approximate surface area is 98.4 Å². The average Bonchev–Trinajstić information content (AvgIpc) is 2.26. The van der Waals surface area contributed by atoms with Crippen molar-refractivity contribution in [3.63, 3.8) is 0 Å². The van der Waals surface area contributed by atoms with Crippen molar-refractivity contribution in [1.82, 2.24) is 4.90 Å². The van der Waals surface area contributed by atoms with Gasteiger partial charge in [0.2, 0.25) is 0 Å². The monoisotopic (exact) mass is 245 g/mol. The van der Waals surface area contributed by atoms with Crippen LogP contribution in [-0.4, -0.2) is 34.9 Å². The number of aromatic hydroxyl groups is 1. The number of phenolic OH excluding ortho intramolecular Hbond substituents is 1. The molecule has 1 aromatic rings. The third-order valence-corrected chi connectivity index (χ3v) is 2.84. The van der Waals surface area contributed by atoms with E-state index in [0.29, 0.717) is 5.88 Å². The summed E-state index contributed by atoms with van der Waals surface area (Å²) in [6.07, 6.45) is 0. The molecule has 1 unspecified atom stereocenters. The number of amides is 1. The minimum atomic E-state index is -0.581. The first kappa shape index (κ1) is 12.8. The van der Waals surface area contributed by atoms with Gasteiger partial charge >= 0.3 is 0 Å². The number of alkyl halides is 1. The maximum Gasteiger partial charge on any atom is 0.257 e. The van der Waals surface area contributed by atoms with Crippen molar-refractivity contribution in [1.29, 1.82) is 0 Å². The molecule has 0 spiro atoms. The van der Waals surface area contributed by atoms with Crippen molar-refractivity contribution in [2.45, 2.75) is 13.0 Å². The highest BCUT2D eigenvalue weighted by molar-refractivity contribution is 6.18. The van der Waals surface area contributed by atoms with Crippen LogP contribution in [0.2, 0.25) is 0 Å². The smallest absolute Gasteiger partial charge is 0.257 e. The molecule has 1 atom stereocenters. The van der Waals surface area contributed by atoms with Crippen LogP contribution in [0.15, 0.2) is 18.2 Å². The maximum atomic E-state index is 12.7. The molecule has 0 radical (unpaired) electrons. The number of carbonyl (C=O) groups excluding carboxylic acids is 1. The van der Waals surface area contributed by atoms with Gasteiger partial charge in [-0.3, -0.25) is 4.79 Å². The van der Waals surface area contributed by atoms with Crippen molar-refractivity contribution in [2.24, 2.45) is 0 Å². The fraction of sp³-hybridized carbons (Fsp3) is 0.364. The summed E-state index contributed by atoms with van der Waals surface area (Å²) in [5, 5.41) is 9.44. The van der Waals surface area contributed by atoms with Crippen LogP contribution in [0.25, 0.3) is 0 Å². The second-order valence-corrected chi connectivity index (χ2v) is 3.89. The Morgan fingerprint density at radius 2 is 2.25 bits per heavy atom. The number of phenols is 1. The van der Waals surface area contributed by atoms with Gasteiger partial charge in [-0.1, -0.05) is 0 Å². The van der Waals surface area contributed by atoms with Crippen LogP contribution in [0.1, 0.15) is 17.3 Å². The second kappa shape index (κ2) is 5.16. The fourth-order valence-corrected chi connectivity index (χ4v) is 1.39. The van der Waals surface area contributed by atoms with Crippen LogP contribution >= 0.6 is 11.6 Å². The van der Waals surface area contributed by atoms with Crippen molar-refractivity contribution < 1.29 is 14.3 Å². The Balaban J connectivity index is 2.96. The zero-order chi connectivity index (χ0) is 12.3. The average molecular weight is 246 g/mol. The molecule has 0 heterocycles. The van der Waals surface area contributed by atoms with Gasteiger partial charge in [0.15, 0.2) is 0 Å². The van der Waals surface area contributed by atoms with E-state index in [9.17, 15) is 14.3 Å². The number of halogens is 2. The van der Waals surface area contributed by atoms with E-state index < -0.39 is 5.82 Å². The van der Waals surface area contributed by atoms with Crippen LogP contribution < -0.4 is 0 Å². The third-order valence-electron chi connectivity index (χ3n) is 2.40. The van der Waals surface area contributed by atoms with E-state index in [0.717, 1.165) is 12.1 Å². The maximum absolute atomic E-state index is 12.7. The molecule has 1 rings (SSSR count). The van der Waals surface area contributed by atoms with Gasteiger partial charge in [-0.15, -0.1) is 11.6 Å². The van der Waals surface area contributed by atoms with E-state index in [4.69, 9.17) is 11.6 Å². The van der Waals surface area contributed by atoms with Gasteiger partial charge in [-0.2, -0.15) is 0 Å². The molecular formula is C11H13ClFNO2. The molecule has 0 saturated carbocycles. The summed E-state index contributed by atoms with van der Waals surface area (Å²) in [4.78, 5) is 13.3. The van der Waals surface area contributed by atoms with Crippen molar-refractivity contribution >= 4 is 17.5 Å². The van der Waals surface area contributed by atoms with E-state index in [1.165, 1.54) is 11.0 Å². The number of hydrogen-bond donors (Lipinski definition) is 1. The number of nitrogens with zero attached hydrogens (tertiary/aromatic N) is 1. The first-order chi connectivity index (χ1) is 7.47. The van der Waals surface area contributed by atoms with Gasteiger partial charge in [0, 0.05) is 25.0 Å². The lowest BCUT2D eigenvalue weighted by atomic mass is 10.1. The summed E-state index contributed by atoms with van der Waals surface area (Å²) in [6, 6.07) is 3.14. The SMILES string of the molecule is CC(CCl)N(C)C(=O)c1ccc(F)cc1O. The Bertz CT molecular complexity index is 398. The van der Waals surface area contributed by atoms with Gasteiger partial charge in [-0.05, 0) is 19.1 Å². The van der Waals surface area contributed by atoms with Gasteiger partial charge in [0.25, 0.3) is 5.91 Å². The van der Waals surface area contributed by atoms with E-state index in [-0.39, 0.29) is 23.3 Å². The lowest BCUT2D eigenvalue weighted by Crippen LogP contribution is -2.36. The molecule has 0 aromatic heterocycles. The molecular weight excluding hydrogens is 233 g/mol. The Kier molecular flexibility index (Phi) is 4.12. The van der Waals surface area contributed by atoms with E-state index in [2.05, 4.69) is 0 Å². The molecule has 0 aliphatic rings. The van der Waals surface area contributed by atoms with Gasteiger partial charge in [0.1, 0.15) is 11.6 Å². The largest absolute Gasteiger partial charge is 0.507 e. The topological polar surface area (TPSA) is 40.5 Å². The molecule has 0 bridgehead atoms. The van der Waals surface area contributed by atoms with Gasteiger partial charge < -0.3 is 10.0 Å². The van der Waals surface area contributed by atoms with E-state index in [1.54, 1.807) is 14.0 Å². The van der Waals surface area contributed by atoms with Gasteiger partial charge in [-0.25, -0.2) is 4.39 Å². The molecule has 0 saturated heterocycles. The third kappa shape index (κ3) is 2.64. The first-order valence-electron chi connectivity index (χ1n) is 4.79. The van der Waals surface area contributed by atoms with Crippen LogP contribution in [0.3, 0.4) is 0 Å². The first-order valence-corrected chi connectivity index (χ1v) is 5.32. The highest BCUT2D eigenvalue weighted by Gasteiger charge is 2.19. The predicted molar refractivity (Wildman–Crippen MR) is 60.3 cm³/mol. The van der Waals surface area contributed by atoms with Crippen molar-refractivity contribution in [2.75, 3.05) is 12.9 Å². The molecule has 1 N–H and O–H groups in total. The molecule has 16 heavy (non-hydrogen) atoms. The highest BCUT2D eigenvalue weighted by Crippen LogP contribution is 2.20. The normalized spacial score (nSPS) is 12.2. The molecule has 1 aromatic carbocycles. The Hall–Kier alpha value is -1.29. The van der Waals surface area contributed by atoms with E-state index >= 15 is 0 Å². The fourth-order valence-electron chi connectivity index (χ4n) is 1.18. The summed E-state index contributed by atoms with van der Waals surface area (Å²) in [5.74, 6) is -1.03. The lowest BCUT2D eigenvalue weighted by Gasteiger charge is -2.23. The number of carbonyl (C=O) groups is 1. The molecule has 0 fully saturated rings. The Morgan fingerprint density at radius 1 is 1.62 bits per heavy atom. The summed E-state index contributed by atoms with van der Waals surface area (Å²) in [5.41, 5.74) is 0.0702. The lowest BCUT2D eigenvalue weighted by molar-refractivity contribution is 0.0753. The molecule has 5 heteroatoms. The highest BCUT2D eigenvalue weighted by atomic mass is 35.5. The van der Waals surface area contributed by atoms with E-state index in [1.807, 2.05) is 0 Å². The van der Waals surface area contributed by atoms with Gasteiger partial charge in [0.05, 0.1) is 5.56 Å². The predicted octanol–water partition coefficient (Wildman–Crippen LogP) is 2.23. The minimum absolute atomic E-state index is 0.0702. The van der Waals surface area contributed by atoms with Crippen LogP contribution in [0, 0.1) is 5.82 Å². The summed E-state index contributed by atoms with van der Waals surface area (Å²) < 4.78 is 12.7. The summed E-state index contributed by atoms with van der Waals surface area (Å²) >= 11 is 5.63. The zero-order valence-corrected chi connectivity index (χ0v) is 9.83. The minimum Gasteiger partial charge on any atom is -0.507 e. The Morgan fingerprint density at radius 3 is 2.75 bits per heavy atom. The number of rotatable bonds is 3. The standard InChI is InChI=1S/C11H13ClFNO2/c1-7(6-12)14(2)11(16)9-4-3-8(13)5-10(9)15/h3-5,7,15H,6H2,1-2H3. The van der Waals surface area contributed by atoms with Crippen LogP contribution in [0.4, 0.5) is 4.39 Å². The van der Waals surface area contributed by atoms with Crippen molar-refractivity contribution in [3.8, 4) is 5.75 Å². The van der Waals surface area contributed by atoms with Crippen molar-refractivity contribution in [3.05, 3.63) is 29.6 Å².